The summed E-state index contributed by atoms with van der Waals surface area (Å²) in [5, 5.41) is 6.63. The Kier molecular flexibility index (Phi) is 6.59. The van der Waals surface area contributed by atoms with Gasteiger partial charge in [0.05, 0.1) is 12.5 Å². The maximum Gasteiger partial charge on any atom is 0.248 e. The molecule has 9 heteroatoms. The van der Waals surface area contributed by atoms with Crippen molar-refractivity contribution in [2.45, 2.75) is 44.9 Å². The zero-order chi connectivity index (χ0) is 21.0. The Labute approximate surface area is 171 Å². The Morgan fingerprint density at radius 3 is 2.86 bits per heavy atom. The first kappa shape index (κ1) is 21.3. The van der Waals surface area contributed by atoms with Crippen LogP contribution in [0.2, 0.25) is 0 Å². The van der Waals surface area contributed by atoms with E-state index in [0.29, 0.717) is 43.1 Å². The predicted molar refractivity (Wildman–Crippen MR) is 108 cm³/mol. The highest BCUT2D eigenvalue weighted by Crippen LogP contribution is 2.28. The van der Waals surface area contributed by atoms with Crippen LogP contribution in [-0.4, -0.2) is 43.5 Å². The lowest BCUT2D eigenvalue weighted by molar-refractivity contribution is -0.120. The van der Waals surface area contributed by atoms with Gasteiger partial charge >= 0.3 is 0 Å². The van der Waals surface area contributed by atoms with E-state index in [9.17, 15) is 13.2 Å². The number of amides is 1. The Morgan fingerprint density at radius 1 is 1.38 bits per heavy atom. The molecule has 1 aromatic carbocycles. The highest BCUT2D eigenvalue weighted by molar-refractivity contribution is 7.89. The molecule has 158 valence electrons. The number of sulfonamides is 1. The van der Waals surface area contributed by atoms with Gasteiger partial charge < -0.3 is 14.6 Å². The fourth-order valence-corrected chi connectivity index (χ4v) is 5.29. The molecule has 0 bridgehead atoms. The van der Waals surface area contributed by atoms with Gasteiger partial charge in [-0.1, -0.05) is 18.1 Å². The Morgan fingerprint density at radius 2 is 2.17 bits per heavy atom. The molecule has 29 heavy (non-hydrogen) atoms. The Balaban J connectivity index is 1.70. The van der Waals surface area contributed by atoms with Crippen LogP contribution < -0.4 is 10.1 Å². The zero-order valence-corrected chi connectivity index (χ0v) is 17.8. The highest BCUT2D eigenvalue weighted by atomic mass is 32.2. The number of ether oxygens (including phenoxy) is 1. The second-order valence-corrected chi connectivity index (χ2v) is 9.10. The number of hydrogen-bond acceptors (Lipinski definition) is 6. The SMILES string of the molecule is CCCOc1cccc(NC(=O)C2CCCN(S(=O)(=O)c3c(C)noc3C)C2)c1. The molecule has 2 aromatic rings. The van der Waals surface area contributed by atoms with Crippen LogP contribution in [-0.2, 0) is 14.8 Å². The first-order valence-corrected chi connectivity index (χ1v) is 11.2. The summed E-state index contributed by atoms with van der Waals surface area (Å²) in [5.74, 6) is 0.324. The molecule has 1 aliphatic heterocycles. The van der Waals surface area contributed by atoms with Crippen LogP contribution in [0.5, 0.6) is 5.75 Å². The number of benzene rings is 1. The molecule has 1 unspecified atom stereocenters. The normalized spacial score (nSPS) is 17.8. The van der Waals surface area contributed by atoms with Gasteiger partial charge in [0, 0.05) is 24.8 Å². The molecule has 1 fully saturated rings. The standard InChI is InChI=1S/C20H27N3O5S/c1-4-11-27-18-9-5-8-17(12-18)21-20(24)16-7-6-10-23(13-16)29(25,26)19-14(2)22-28-15(19)3/h5,8-9,12,16H,4,6-7,10-11,13H2,1-3H3,(H,21,24). The molecule has 1 atom stereocenters. The lowest BCUT2D eigenvalue weighted by atomic mass is 9.98. The predicted octanol–water partition coefficient (Wildman–Crippen LogP) is 3.12. The maximum atomic E-state index is 13.0. The van der Waals surface area contributed by atoms with E-state index in [1.54, 1.807) is 26.0 Å². The Bertz CT molecular complexity index is 951. The molecular formula is C20H27N3O5S. The largest absolute Gasteiger partial charge is 0.494 e. The van der Waals surface area contributed by atoms with Crippen LogP contribution in [0, 0.1) is 19.8 Å². The van der Waals surface area contributed by atoms with Gasteiger partial charge in [-0.25, -0.2) is 8.42 Å². The number of aromatic nitrogens is 1. The number of rotatable bonds is 7. The molecule has 0 saturated carbocycles. The molecule has 8 nitrogen and oxygen atoms in total. The van der Waals surface area contributed by atoms with Crippen molar-refractivity contribution >= 4 is 21.6 Å². The highest BCUT2D eigenvalue weighted by Gasteiger charge is 2.36. The molecular weight excluding hydrogens is 394 g/mol. The first-order chi connectivity index (χ1) is 13.8. The quantitative estimate of drug-likeness (QED) is 0.737. The van der Waals surface area contributed by atoms with Gasteiger partial charge in [0.15, 0.2) is 5.76 Å². The lowest BCUT2D eigenvalue weighted by Crippen LogP contribution is -2.43. The minimum Gasteiger partial charge on any atom is -0.494 e. The van der Waals surface area contributed by atoms with E-state index in [4.69, 9.17) is 9.26 Å². The number of hydrogen-bond donors (Lipinski definition) is 1. The van der Waals surface area contributed by atoms with E-state index < -0.39 is 15.9 Å². The van der Waals surface area contributed by atoms with E-state index in [-0.39, 0.29) is 23.1 Å². The van der Waals surface area contributed by atoms with Gasteiger partial charge in [0.25, 0.3) is 0 Å². The summed E-state index contributed by atoms with van der Waals surface area (Å²) in [5.41, 5.74) is 0.965. The second-order valence-electron chi connectivity index (χ2n) is 7.22. The van der Waals surface area contributed by atoms with Crippen molar-refractivity contribution < 1.29 is 22.5 Å². The van der Waals surface area contributed by atoms with Crippen molar-refractivity contribution in [1.82, 2.24) is 9.46 Å². The fourth-order valence-electron chi connectivity index (χ4n) is 3.47. The minimum absolute atomic E-state index is 0.0966. The van der Waals surface area contributed by atoms with Gasteiger partial charge in [-0.15, -0.1) is 0 Å². The van der Waals surface area contributed by atoms with E-state index in [2.05, 4.69) is 10.5 Å². The number of anilines is 1. The fraction of sp³-hybridized carbons (Fsp3) is 0.500. The summed E-state index contributed by atoms with van der Waals surface area (Å²) in [6, 6.07) is 7.21. The third-order valence-corrected chi connectivity index (χ3v) is 7.01. The lowest BCUT2D eigenvalue weighted by Gasteiger charge is -2.31. The minimum atomic E-state index is -3.76. The third kappa shape index (κ3) is 4.79. The van der Waals surface area contributed by atoms with Gasteiger partial charge in [-0.2, -0.15) is 4.31 Å². The summed E-state index contributed by atoms with van der Waals surface area (Å²) in [4.78, 5) is 12.9. The van der Waals surface area contributed by atoms with Crippen molar-refractivity contribution in [2.75, 3.05) is 25.0 Å². The second kappa shape index (κ2) is 8.96. The van der Waals surface area contributed by atoms with E-state index in [0.717, 1.165) is 6.42 Å². The molecule has 1 aromatic heterocycles. The summed E-state index contributed by atoms with van der Waals surface area (Å²) >= 11 is 0. The molecule has 0 spiro atoms. The molecule has 1 aliphatic rings. The van der Waals surface area contributed by atoms with Crippen molar-refractivity contribution in [1.29, 1.82) is 0 Å². The van der Waals surface area contributed by atoms with E-state index in [1.165, 1.54) is 4.31 Å². The molecule has 2 heterocycles. The first-order valence-electron chi connectivity index (χ1n) is 9.79. The number of nitrogens with zero attached hydrogens (tertiary/aromatic N) is 2. The van der Waals surface area contributed by atoms with Gasteiger partial charge in [0.2, 0.25) is 15.9 Å². The molecule has 1 saturated heterocycles. The summed E-state index contributed by atoms with van der Waals surface area (Å²) in [6.45, 7) is 6.31. The van der Waals surface area contributed by atoms with Crippen LogP contribution in [0.25, 0.3) is 0 Å². The summed E-state index contributed by atoms with van der Waals surface area (Å²) in [6.07, 6.45) is 2.14. The van der Waals surface area contributed by atoms with Crippen LogP contribution in [0.3, 0.4) is 0 Å². The summed E-state index contributed by atoms with van der Waals surface area (Å²) in [7, 11) is -3.76. The van der Waals surface area contributed by atoms with Gasteiger partial charge in [-0.05, 0) is 45.2 Å². The van der Waals surface area contributed by atoms with Crippen molar-refractivity contribution in [3.63, 3.8) is 0 Å². The maximum absolute atomic E-state index is 13.0. The number of aryl methyl sites for hydroxylation is 2. The van der Waals surface area contributed by atoms with Crippen molar-refractivity contribution in [3.8, 4) is 5.75 Å². The van der Waals surface area contributed by atoms with Crippen LogP contribution in [0.4, 0.5) is 5.69 Å². The molecule has 1 amide bonds. The van der Waals surface area contributed by atoms with E-state index >= 15 is 0 Å². The zero-order valence-electron chi connectivity index (χ0n) is 17.0. The Hall–Kier alpha value is -2.39. The third-order valence-electron chi connectivity index (χ3n) is 4.90. The number of nitrogens with one attached hydrogen (secondary N) is 1. The van der Waals surface area contributed by atoms with Crippen LogP contribution in [0.15, 0.2) is 33.7 Å². The van der Waals surface area contributed by atoms with E-state index in [1.807, 2.05) is 19.1 Å². The molecule has 3 rings (SSSR count). The molecule has 1 N–H and O–H groups in total. The summed E-state index contributed by atoms with van der Waals surface area (Å²) < 4.78 is 38.0. The van der Waals surface area contributed by atoms with Gasteiger partial charge in [0.1, 0.15) is 16.3 Å². The molecule has 0 aliphatic carbocycles. The van der Waals surface area contributed by atoms with Crippen LogP contribution in [0.1, 0.15) is 37.6 Å². The number of carbonyl (C=O) groups is 1. The monoisotopic (exact) mass is 421 g/mol. The molecule has 0 radical (unpaired) electrons. The number of carbonyl (C=O) groups excluding carboxylic acids is 1. The van der Waals surface area contributed by atoms with Gasteiger partial charge in [-0.3, -0.25) is 4.79 Å². The smallest absolute Gasteiger partial charge is 0.248 e. The number of piperidine rings is 1. The average molecular weight is 422 g/mol. The van der Waals surface area contributed by atoms with Crippen molar-refractivity contribution in [2.24, 2.45) is 5.92 Å². The average Bonchev–Trinajstić information content (AvgIpc) is 3.05. The van der Waals surface area contributed by atoms with Crippen LogP contribution >= 0.6 is 0 Å². The van der Waals surface area contributed by atoms with Crippen molar-refractivity contribution in [3.05, 3.63) is 35.7 Å². The topological polar surface area (TPSA) is 102 Å².